The second kappa shape index (κ2) is 7.06. The summed E-state index contributed by atoms with van der Waals surface area (Å²) in [4.78, 5) is 11.2. The zero-order valence-corrected chi connectivity index (χ0v) is 12.2. The van der Waals surface area contributed by atoms with Crippen molar-refractivity contribution >= 4 is 0 Å². The van der Waals surface area contributed by atoms with Crippen LogP contribution in [0.5, 0.6) is 0 Å². The molecule has 0 radical (unpaired) electrons. The molecule has 3 heteroatoms. The van der Waals surface area contributed by atoms with E-state index in [1.165, 1.54) is 11.1 Å². The average Bonchev–Trinajstić information content (AvgIpc) is 2.46. The summed E-state index contributed by atoms with van der Waals surface area (Å²) in [6.45, 7) is 6.12. The van der Waals surface area contributed by atoms with Crippen LogP contribution in [0.15, 0.2) is 53.6 Å². The monoisotopic (exact) mass is 270 g/mol. The van der Waals surface area contributed by atoms with Gasteiger partial charge in [-0.1, -0.05) is 31.2 Å². The van der Waals surface area contributed by atoms with Crippen molar-refractivity contribution < 1.29 is 0 Å². The fourth-order valence-electron chi connectivity index (χ4n) is 2.35. The number of aryl methyl sites for hydroxylation is 1. The zero-order chi connectivity index (χ0) is 14.4. The maximum Gasteiger partial charge on any atom is 0.181 e. The Kier molecular flexibility index (Phi) is 5.13. The number of aromatic nitrogens is 1. The van der Waals surface area contributed by atoms with Gasteiger partial charge in [0.2, 0.25) is 0 Å². The van der Waals surface area contributed by atoms with Gasteiger partial charge >= 0.3 is 0 Å². The Morgan fingerprint density at radius 2 is 1.85 bits per heavy atom. The molecule has 2 aromatic rings. The average molecular weight is 270 g/mol. The van der Waals surface area contributed by atoms with Crippen LogP contribution in [0.1, 0.15) is 30.5 Å². The lowest BCUT2D eigenvalue weighted by molar-refractivity contribution is 0.460. The largest absolute Gasteiger partial charge is 0.352 e. The van der Waals surface area contributed by atoms with E-state index in [-0.39, 0.29) is 11.5 Å². The first kappa shape index (κ1) is 14.5. The SMILES string of the molecule is CCCNC(Cn1ccc(=O)cc1)c1ccccc1C. The van der Waals surface area contributed by atoms with Crippen molar-refractivity contribution in [3.05, 3.63) is 70.1 Å². The first-order valence-electron chi connectivity index (χ1n) is 7.15. The molecule has 1 N–H and O–H groups in total. The van der Waals surface area contributed by atoms with Gasteiger partial charge in [-0.3, -0.25) is 4.79 Å². The highest BCUT2D eigenvalue weighted by atomic mass is 16.1. The van der Waals surface area contributed by atoms with Crippen LogP contribution in [0.25, 0.3) is 0 Å². The Labute approximate surface area is 120 Å². The number of nitrogens with zero attached hydrogens (tertiary/aromatic N) is 1. The molecule has 0 bridgehead atoms. The summed E-state index contributed by atoms with van der Waals surface area (Å²) in [5.74, 6) is 0. The van der Waals surface area contributed by atoms with Gasteiger partial charge in [0.1, 0.15) is 0 Å². The fourth-order valence-corrected chi connectivity index (χ4v) is 2.35. The molecule has 1 heterocycles. The Bertz CT molecular complexity index is 583. The summed E-state index contributed by atoms with van der Waals surface area (Å²) in [5, 5.41) is 3.59. The van der Waals surface area contributed by atoms with Crippen molar-refractivity contribution in [2.24, 2.45) is 0 Å². The second-order valence-corrected chi connectivity index (χ2v) is 5.09. The van der Waals surface area contributed by atoms with E-state index in [1.54, 1.807) is 12.1 Å². The summed E-state index contributed by atoms with van der Waals surface area (Å²) in [5.41, 5.74) is 2.66. The van der Waals surface area contributed by atoms with E-state index in [4.69, 9.17) is 0 Å². The van der Waals surface area contributed by atoms with Gasteiger partial charge < -0.3 is 9.88 Å². The second-order valence-electron chi connectivity index (χ2n) is 5.09. The van der Waals surface area contributed by atoms with Gasteiger partial charge in [-0.25, -0.2) is 0 Å². The molecule has 106 valence electrons. The molecular weight excluding hydrogens is 248 g/mol. The van der Waals surface area contributed by atoms with Crippen molar-refractivity contribution in [3.8, 4) is 0 Å². The van der Waals surface area contributed by atoms with E-state index in [0.29, 0.717) is 0 Å². The van der Waals surface area contributed by atoms with Crippen LogP contribution in [-0.4, -0.2) is 11.1 Å². The maximum atomic E-state index is 11.2. The topological polar surface area (TPSA) is 34.0 Å². The number of rotatable bonds is 6. The Morgan fingerprint density at radius 3 is 2.50 bits per heavy atom. The molecule has 20 heavy (non-hydrogen) atoms. The van der Waals surface area contributed by atoms with Crippen molar-refractivity contribution in [3.63, 3.8) is 0 Å². The van der Waals surface area contributed by atoms with Gasteiger partial charge in [-0.2, -0.15) is 0 Å². The minimum Gasteiger partial charge on any atom is -0.352 e. The smallest absolute Gasteiger partial charge is 0.181 e. The third-order valence-electron chi connectivity index (χ3n) is 3.46. The number of hydrogen-bond acceptors (Lipinski definition) is 2. The summed E-state index contributed by atoms with van der Waals surface area (Å²) in [6.07, 6.45) is 4.80. The van der Waals surface area contributed by atoms with E-state index in [2.05, 4.69) is 48.0 Å². The molecule has 0 saturated heterocycles. The zero-order valence-electron chi connectivity index (χ0n) is 12.2. The summed E-state index contributed by atoms with van der Waals surface area (Å²) < 4.78 is 2.06. The van der Waals surface area contributed by atoms with Crippen LogP contribution >= 0.6 is 0 Å². The number of nitrogens with one attached hydrogen (secondary N) is 1. The molecule has 1 aromatic carbocycles. The lowest BCUT2D eigenvalue weighted by Crippen LogP contribution is -2.27. The van der Waals surface area contributed by atoms with E-state index in [0.717, 1.165) is 19.5 Å². The van der Waals surface area contributed by atoms with Gasteiger partial charge in [0.05, 0.1) is 6.04 Å². The highest BCUT2D eigenvalue weighted by Crippen LogP contribution is 2.19. The van der Waals surface area contributed by atoms with Crippen LogP contribution in [0.4, 0.5) is 0 Å². The van der Waals surface area contributed by atoms with E-state index < -0.39 is 0 Å². The van der Waals surface area contributed by atoms with E-state index in [9.17, 15) is 4.79 Å². The summed E-state index contributed by atoms with van der Waals surface area (Å²) in [6, 6.07) is 11.9. The Balaban J connectivity index is 2.21. The Morgan fingerprint density at radius 1 is 1.15 bits per heavy atom. The predicted octanol–water partition coefficient (Wildman–Crippen LogP) is 2.90. The summed E-state index contributed by atoms with van der Waals surface area (Å²) in [7, 11) is 0. The number of hydrogen-bond donors (Lipinski definition) is 1. The standard InChI is InChI=1S/C17H22N2O/c1-3-10-18-17(16-7-5-4-6-14(16)2)13-19-11-8-15(20)9-12-19/h4-9,11-12,17-18H,3,10,13H2,1-2H3. The lowest BCUT2D eigenvalue weighted by atomic mass is 10.0. The first-order valence-corrected chi connectivity index (χ1v) is 7.15. The fraction of sp³-hybridized carbons (Fsp3) is 0.353. The molecule has 0 aliphatic carbocycles. The molecule has 1 aromatic heterocycles. The van der Waals surface area contributed by atoms with Crippen LogP contribution < -0.4 is 10.7 Å². The van der Waals surface area contributed by atoms with Gasteiger partial charge in [0.25, 0.3) is 0 Å². The molecule has 2 rings (SSSR count). The van der Waals surface area contributed by atoms with Gasteiger partial charge in [0, 0.05) is 31.1 Å². The molecule has 0 aliphatic heterocycles. The van der Waals surface area contributed by atoms with Crippen LogP contribution in [0, 0.1) is 6.92 Å². The molecule has 0 amide bonds. The number of benzene rings is 1. The van der Waals surface area contributed by atoms with Crippen molar-refractivity contribution in [1.29, 1.82) is 0 Å². The molecule has 1 unspecified atom stereocenters. The highest BCUT2D eigenvalue weighted by molar-refractivity contribution is 5.28. The molecule has 0 fully saturated rings. The van der Waals surface area contributed by atoms with E-state index >= 15 is 0 Å². The predicted molar refractivity (Wildman–Crippen MR) is 82.9 cm³/mol. The Hall–Kier alpha value is -1.87. The molecule has 0 saturated carbocycles. The van der Waals surface area contributed by atoms with Crippen molar-refractivity contribution in [1.82, 2.24) is 9.88 Å². The highest BCUT2D eigenvalue weighted by Gasteiger charge is 2.12. The third-order valence-corrected chi connectivity index (χ3v) is 3.46. The quantitative estimate of drug-likeness (QED) is 0.875. The molecule has 3 nitrogen and oxygen atoms in total. The summed E-state index contributed by atoms with van der Waals surface area (Å²) >= 11 is 0. The van der Waals surface area contributed by atoms with Crippen molar-refractivity contribution in [2.75, 3.05) is 6.54 Å². The molecular formula is C17H22N2O. The van der Waals surface area contributed by atoms with Crippen molar-refractivity contribution in [2.45, 2.75) is 32.9 Å². The normalized spacial score (nSPS) is 12.3. The first-order chi connectivity index (χ1) is 9.70. The minimum absolute atomic E-state index is 0.0511. The van der Waals surface area contributed by atoms with Crippen LogP contribution in [0.3, 0.4) is 0 Å². The van der Waals surface area contributed by atoms with E-state index in [1.807, 2.05) is 12.4 Å². The lowest BCUT2D eigenvalue weighted by Gasteiger charge is -2.22. The van der Waals surface area contributed by atoms with Gasteiger partial charge in [0.15, 0.2) is 5.43 Å². The van der Waals surface area contributed by atoms with Crippen LogP contribution in [-0.2, 0) is 6.54 Å². The molecule has 1 atom stereocenters. The van der Waals surface area contributed by atoms with Gasteiger partial charge in [-0.15, -0.1) is 0 Å². The van der Waals surface area contributed by atoms with Crippen LogP contribution in [0.2, 0.25) is 0 Å². The third kappa shape index (κ3) is 3.81. The number of pyridine rings is 1. The molecule has 0 aliphatic rings. The van der Waals surface area contributed by atoms with Gasteiger partial charge in [-0.05, 0) is 31.0 Å². The minimum atomic E-state index is 0.0511. The maximum absolute atomic E-state index is 11.2. The molecule has 0 spiro atoms.